The molecule has 3 N–H and O–H groups in total. The molecule has 0 radical (unpaired) electrons. The van der Waals surface area contributed by atoms with Gasteiger partial charge in [-0.3, -0.25) is 10.1 Å². The topological polar surface area (TPSA) is 104 Å². The van der Waals surface area contributed by atoms with E-state index in [-0.39, 0.29) is 17.9 Å². The van der Waals surface area contributed by atoms with Crippen molar-refractivity contribution in [1.82, 2.24) is 15.4 Å². The van der Waals surface area contributed by atoms with Crippen molar-refractivity contribution in [3.63, 3.8) is 0 Å². The molecule has 114 valence electrons. The molecule has 2 rings (SSSR count). The van der Waals surface area contributed by atoms with E-state index in [1.54, 1.807) is 12.1 Å². The molecule has 1 aromatic rings. The van der Waals surface area contributed by atoms with Crippen LogP contribution in [0, 0.1) is 13.8 Å². The molecule has 0 spiro atoms. The first-order valence-corrected chi connectivity index (χ1v) is 7.96. The fourth-order valence-electron chi connectivity index (χ4n) is 1.96. The summed E-state index contributed by atoms with van der Waals surface area (Å²) in [5, 5.41) is 4.51. The fraction of sp³-hybridized carbons (Fsp3) is 0.385. The van der Waals surface area contributed by atoms with Crippen LogP contribution >= 0.6 is 0 Å². The van der Waals surface area contributed by atoms with Gasteiger partial charge in [0.25, 0.3) is 5.91 Å². The lowest BCUT2D eigenvalue weighted by atomic mass is 10.1. The fourth-order valence-corrected chi connectivity index (χ4v) is 3.10. The summed E-state index contributed by atoms with van der Waals surface area (Å²) in [5.41, 5.74) is 1.90. The second kappa shape index (κ2) is 5.82. The van der Waals surface area contributed by atoms with Crippen LogP contribution in [-0.2, 0) is 14.8 Å². The maximum Gasteiger partial charge on any atom is 0.322 e. The van der Waals surface area contributed by atoms with Gasteiger partial charge in [0, 0.05) is 6.54 Å². The zero-order valence-corrected chi connectivity index (χ0v) is 12.6. The van der Waals surface area contributed by atoms with Crippen molar-refractivity contribution in [2.75, 3.05) is 6.54 Å². The SMILES string of the molecule is Cc1ccc(S(=O)(=O)NCCC2NC(=O)NC2=O)cc1C. The minimum absolute atomic E-state index is 0.0631. The maximum absolute atomic E-state index is 12.1. The maximum atomic E-state index is 12.1. The van der Waals surface area contributed by atoms with Gasteiger partial charge in [-0.25, -0.2) is 17.9 Å². The van der Waals surface area contributed by atoms with E-state index < -0.39 is 28.0 Å². The number of rotatable bonds is 5. The third kappa shape index (κ3) is 3.59. The summed E-state index contributed by atoms with van der Waals surface area (Å²) in [6.45, 7) is 3.81. The smallest absolute Gasteiger partial charge is 0.322 e. The number of nitrogens with one attached hydrogen (secondary N) is 3. The predicted molar refractivity (Wildman–Crippen MR) is 76.2 cm³/mol. The Labute approximate surface area is 123 Å². The van der Waals surface area contributed by atoms with E-state index in [0.29, 0.717) is 0 Å². The number of hydrogen-bond donors (Lipinski definition) is 3. The van der Waals surface area contributed by atoms with Gasteiger partial charge >= 0.3 is 6.03 Å². The van der Waals surface area contributed by atoms with Crippen molar-refractivity contribution in [1.29, 1.82) is 0 Å². The van der Waals surface area contributed by atoms with Crippen LogP contribution in [-0.4, -0.2) is 32.9 Å². The summed E-state index contributed by atoms with van der Waals surface area (Å²) in [5.74, 6) is -0.439. The molecule has 8 heteroatoms. The number of carbonyl (C=O) groups is 2. The zero-order chi connectivity index (χ0) is 15.6. The Morgan fingerprint density at radius 1 is 1.19 bits per heavy atom. The van der Waals surface area contributed by atoms with Gasteiger partial charge in [0.05, 0.1) is 4.90 Å². The van der Waals surface area contributed by atoms with Gasteiger partial charge in [-0.15, -0.1) is 0 Å². The van der Waals surface area contributed by atoms with Crippen molar-refractivity contribution in [3.05, 3.63) is 29.3 Å². The molecule has 1 aliphatic heterocycles. The number of sulfonamides is 1. The Kier molecular flexibility index (Phi) is 4.29. The number of benzene rings is 1. The van der Waals surface area contributed by atoms with E-state index in [0.717, 1.165) is 11.1 Å². The van der Waals surface area contributed by atoms with Crippen LogP contribution in [0.2, 0.25) is 0 Å². The van der Waals surface area contributed by atoms with Crippen LogP contribution in [0.3, 0.4) is 0 Å². The number of carbonyl (C=O) groups excluding carboxylic acids is 2. The molecular weight excluding hydrogens is 294 g/mol. The van der Waals surface area contributed by atoms with Crippen molar-refractivity contribution in [2.24, 2.45) is 0 Å². The summed E-state index contributed by atoms with van der Waals surface area (Å²) in [7, 11) is -3.62. The van der Waals surface area contributed by atoms with Crippen molar-refractivity contribution >= 4 is 22.0 Å². The molecular formula is C13H17N3O4S. The third-order valence-electron chi connectivity index (χ3n) is 3.37. The van der Waals surface area contributed by atoms with Crippen LogP contribution in [0.25, 0.3) is 0 Å². The monoisotopic (exact) mass is 311 g/mol. The molecule has 0 saturated carbocycles. The Bertz CT molecular complexity index is 685. The van der Waals surface area contributed by atoms with E-state index >= 15 is 0 Å². The van der Waals surface area contributed by atoms with Crippen LogP contribution in [0.5, 0.6) is 0 Å². The van der Waals surface area contributed by atoms with Gasteiger partial charge in [-0.05, 0) is 43.5 Å². The third-order valence-corrected chi connectivity index (χ3v) is 4.83. The lowest BCUT2D eigenvalue weighted by Crippen LogP contribution is -2.34. The number of amides is 3. The number of imide groups is 1. The lowest BCUT2D eigenvalue weighted by molar-refractivity contribution is -0.120. The van der Waals surface area contributed by atoms with E-state index in [1.165, 1.54) is 6.07 Å². The standard InChI is InChI=1S/C13H17N3O4S/c1-8-3-4-10(7-9(8)2)21(19,20)14-6-5-11-12(17)16-13(18)15-11/h3-4,7,11,14H,5-6H2,1-2H3,(H2,15,16,17,18). The Morgan fingerprint density at radius 2 is 1.90 bits per heavy atom. The summed E-state index contributed by atoms with van der Waals surface area (Å²) in [6.07, 6.45) is 0.196. The van der Waals surface area contributed by atoms with Gasteiger partial charge < -0.3 is 5.32 Å². The molecule has 1 atom stereocenters. The van der Waals surface area contributed by atoms with E-state index in [4.69, 9.17) is 0 Å². The number of hydrogen-bond acceptors (Lipinski definition) is 4. The summed E-state index contributed by atoms with van der Waals surface area (Å²) in [6, 6.07) is 3.63. The highest BCUT2D eigenvalue weighted by Gasteiger charge is 2.29. The summed E-state index contributed by atoms with van der Waals surface area (Å²) >= 11 is 0. The Balaban J connectivity index is 1.97. The molecule has 21 heavy (non-hydrogen) atoms. The van der Waals surface area contributed by atoms with Gasteiger partial charge in [-0.1, -0.05) is 6.07 Å². The molecule has 1 aromatic carbocycles. The van der Waals surface area contributed by atoms with Gasteiger partial charge in [0.2, 0.25) is 10.0 Å². The van der Waals surface area contributed by atoms with Crippen molar-refractivity contribution < 1.29 is 18.0 Å². The average Bonchev–Trinajstić information content (AvgIpc) is 2.71. The molecule has 0 bridgehead atoms. The molecule has 7 nitrogen and oxygen atoms in total. The molecule has 1 unspecified atom stereocenters. The van der Waals surface area contributed by atoms with Crippen LogP contribution < -0.4 is 15.4 Å². The van der Waals surface area contributed by atoms with Gasteiger partial charge in [-0.2, -0.15) is 0 Å². The Morgan fingerprint density at radius 3 is 2.48 bits per heavy atom. The highest BCUT2D eigenvalue weighted by Crippen LogP contribution is 2.14. The van der Waals surface area contributed by atoms with Gasteiger partial charge in [0.1, 0.15) is 6.04 Å². The van der Waals surface area contributed by atoms with E-state index in [9.17, 15) is 18.0 Å². The molecule has 1 aliphatic rings. The molecule has 1 heterocycles. The highest BCUT2D eigenvalue weighted by molar-refractivity contribution is 7.89. The second-order valence-electron chi connectivity index (χ2n) is 4.95. The van der Waals surface area contributed by atoms with Crippen LogP contribution in [0.4, 0.5) is 4.79 Å². The quantitative estimate of drug-likeness (QED) is 0.675. The normalized spacial score (nSPS) is 18.5. The van der Waals surface area contributed by atoms with Crippen LogP contribution in [0.1, 0.15) is 17.5 Å². The first-order chi connectivity index (χ1) is 9.79. The number of aryl methyl sites for hydroxylation is 2. The lowest BCUT2D eigenvalue weighted by Gasteiger charge is -2.10. The minimum atomic E-state index is -3.62. The van der Waals surface area contributed by atoms with E-state index in [1.807, 2.05) is 13.8 Å². The Hall–Kier alpha value is -1.93. The van der Waals surface area contributed by atoms with Gasteiger partial charge in [0.15, 0.2) is 0 Å². The van der Waals surface area contributed by atoms with E-state index in [2.05, 4.69) is 15.4 Å². The second-order valence-corrected chi connectivity index (χ2v) is 6.71. The predicted octanol–water partition coefficient (Wildman–Crippen LogP) is 0.180. The number of urea groups is 1. The van der Waals surface area contributed by atoms with Crippen LogP contribution in [0.15, 0.2) is 23.1 Å². The molecule has 1 saturated heterocycles. The summed E-state index contributed by atoms with van der Waals surface area (Å²) in [4.78, 5) is 22.4. The largest absolute Gasteiger partial charge is 0.326 e. The zero-order valence-electron chi connectivity index (χ0n) is 11.8. The molecule has 0 aromatic heterocycles. The highest BCUT2D eigenvalue weighted by atomic mass is 32.2. The molecule has 0 aliphatic carbocycles. The van der Waals surface area contributed by atoms with Crippen molar-refractivity contribution in [2.45, 2.75) is 31.2 Å². The first-order valence-electron chi connectivity index (χ1n) is 6.48. The van der Waals surface area contributed by atoms with Crippen molar-refractivity contribution in [3.8, 4) is 0 Å². The average molecular weight is 311 g/mol. The molecule has 3 amide bonds. The molecule has 1 fully saturated rings. The summed E-state index contributed by atoms with van der Waals surface area (Å²) < 4.78 is 26.7. The first kappa shape index (κ1) is 15.5. The minimum Gasteiger partial charge on any atom is -0.326 e.